The maximum atomic E-state index is 14.3. The molecule has 0 aliphatic carbocycles. The van der Waals surface area contributed by atoms with E-state index in [-0.39, 0.29) is 17.5 Å². The van der Waals surface area contributed by atoms with Crippen molar-refractivity contribution in [3.8, 4) is 0 Å². The van der Waals surface area contributed by atoms with Crippen molar-refractivity contribution in [1.82, 2.24) is 5.32 Å². The molecule has 0 bridgehead atoms. The van der Waals surface area contributed by atoms with Gasteiger partial charge in [-0.05, 0) is 38.3 Å². The zero-order valence-electron chi connectivity index (χ0n) is 12.9. The van der Waals surface area contributed by atoms with Gasteiger partial charge in [0.25, 0.3) is 5.91 Å². The van der Waals surface area contributed by atoms with Crippen molar-refractivity contribution < 1.29 is 14.0 Å². The molecular weight excluding hydrogens is 271 g/mol. The summed E-state index contributed by atoms with van der Waals surface area (Å²) < 4.78 is 14.3. The van der Waals surface area contributed by atoms with Crippen molar-refractivity contribution in [3.63, 3.8) is 0 Å². The van der Waals surface area contributed by atoms with Crippen molar-refractivity contribution in [2.75, 3.05) is 4.90 Å². The second-order valence-corrected chi connectivity index (χ2v) is 5.68. The number of rotatable bonds is 3. The third kappa shape index (κ3) is 2.41. The average Bonchev–Trinajstić information content (AvgIpc) is 2.44. The van der Waals surface area contributed by atoms with Crippen LogP contribution in [0.4, 0.5) is 10.1 Å². The lowest BCUT2D eigenvalue weighted by Gasteiger charge is -2.44. The fourth-order valence-electron chi connectivity index (χ4n) is 2.73. The van der Waals surface area contributed by atoms with Gasteiger partial charge in [-0.2, -0.15) is 0 Å². The standard InChI is InChI=1S/C16H21FN2O2/c1-5-12-14(20)18-16(4,6-2)15(21)19(12)13-10(3)8-7-9-11(13)17/h7-9,12H,5-6H2,1-4H3,(H,18,20). The lowest BCUT2D eigenvalue weighted by molar-refractivity contribution is -0.138. The highest BCUT2D eigenvalue weighted by Crippen LogP contribution is 2.32. The summed E-state index contributed by atoms with van der Waals surface area (Å²) in [5.74, 6) is -0.969. The summed E-state index contributed by atoms with van der Waals surface area (Å²) in [6.45, 7) is 7.07. The Bertz CT molecular complexity index is 567. The number of benzene rings is 1. The summed E-state index contributed by atoms with van der Waals surface area (Å²) in [4.78, 5) is 26.5. The summed E-state index contributed by atoms with van der Waals surface area (Å²) >= 11 is 0. The highest BCUT2D eigenvalue weighted by Gasteiger charge is 2.47. The van der Waals surface area contributed by atoms with Crippen molar-refractivity contribution in [2.45, 2.75) is 52.1 Å². The Morgan fingerprint density at radius 1 is 1.33 bits per heavy atom. The number of para-hydroxylation sites is 1. The van der Waals surface area contributed by atoms with E-state index in [0.29, 0.717) is 18.4 Å². The van der Waals surface area contributed by atoms with Crippen molar-refractivity contribution >= 4 is 17.5 Å². The first-order chi connectivity index (χ1) is 9.85. The van der Waals surface area contributed by atoms with E-state index in [0.717, 1.165) is 0 Å². The number of piperazine rings is 1. The Morgan fingerprint density at radius 2 is 2.00 bits per heavy atom. The smallest absolute Gasteiger partial charge is 0.253 e. The number of hydrogen-bond acceptors (Lipinski definition) is 2. The number of aryl methyl sites for hydroxylation is 1. The zero-order valence-corrected chi connectivity index (χ0v) is 12.9. The molecule has 0 saturated carbocycles. The van der Waals surface area contributed by atoms with Gasteiger partial charge >= 0.3 is 0 Å². The maximum absolute atomic E-state index is 14.3. The lowest BCUT2D eigenvalue weighted by atomic mass is 9.90. The van der Waals surface area contributed by atoms with E-state index in [9.17, 15) is 14.0 Å². The molecule has 2 amide bonds. The lowest BCUT2D eigenvalue weighted by Crippen LogP contribution is -2.69. The van der Waals surface area contributed by atoms with Gasteiger partial charge in [-0.25, -0.2) is 4.39 Å². The minimum atomic E-state index is -0.989. The third-order valence-corrected chi connectivity index (χ3v) is 4.23. The number of hydrogen-bond donors (Lipinski definition) is 1. The summed E-state index contributed by atoms with van der Waals surface area (Å²) in [6, 6.07) is 3.99. The molecule has 1 aromatic carbocycles. The largest absolute Gasteiger partial charge is 0.340 e. The van der Waals surface area contributed by atoms with Crippen molar-refractivity contribution in [3.05, 3.63) is 29.6 Å². The molecule has 1 fully saturated rings. The average molecular weight is 292 g/mol. The molecule has 1 saturated heterocycles. The van der Waals surface area contributed by atoms with E-state index >= 15 is 0 Å². The number of nitrogens with one attached hydrogen (secondary N) is 1. The molecule has 0 radical (unpaired) electrons. The topological polar surface area (TPSA) is 49.4 Å². The minimum Gasteiger partial charge on any atom is -0.340 e. The molecule has 114 valence electrons. The van der Waals surface area contributed by atoms with Crippen LogP contribution in [0.2, 0.25) is 0 Å². The van der Waals surface area contributed by atoms with Gasteiger partial charge in [-0.3, -0.25) is 14.5 Å². The van der Waals surface area contributed by atoms with Gasteiger partial charge in [-0.15, -0.1) is 0 Å². The van der Waals surface area contributed by atoms with Gasteiger partial charge in [0.2, 0.25) is 5.91 Å². The Morgan fingerprint density at radius 3 is 2.52 bits per heavy atom. The van der Waals surface area contributed by atoms with Gasteiger partial charge in [-0.1, -0.05) is 26.0 Å². The fourth-order valence-corrected chi connectivity index (χ4v) is 2.73. The van der Waals surface area contributed by atoms with Crippen LogP contribution in [0.1, 0.15) is 39.2 Å². The third-order valence-electron chi connectivity index (χ3n) is 4.23. The summed E-state index contributed by atoms with van der Waals surface area (Å²) in [6.07, 6.45) is 0.892. The van der Waals surface area contributed by atoms with Crippen LogP contribution < -0.4 is 10.2 Å². The van der Waals surface area contributed by atoms with E-state index in [1.807, 2.05) is 13.8 Å². The highest BCUT2D eigenvalue weighted by atomic mass is 19.1. The van der Waals surface area contributed by atoms with Crippen LogP contribution >= 0.6 is 0 Å². The second kappa shape index (κ2) is 5.47. The minimum absolute atomic E-state index is 0.212. The van der Waals surface area contributed by atoms with Gasteiger partial charge in [0, 0.05) is 0 Å². The molecule has 1 heterocycles. The number of carbonyl (C=O) groups is 2. The van der Waals surface area contributed by atoms with Crippen molar-refractivity contribution in [2.24, 2.45) is 0 Å². The van der Waals surface area contributed by atoms with Crippen LogP contribution in [-0.4, -0.2) is 23.4 Å². The molecule has 1 aromatic rings. The molecule has 1 N–H and O–H groups in total. The number of amides is 2. The number of nitrogens with zero attached hydrogens (tertiary/aromatic N) is 1. The van der Waals surface area contributed by atoms with Crippen LogP contribution in [0.5, 0.6) is 0 Å². The normalized spacial score (nSPS) is 26.0. The first kappa shape index (κ1) is 15.5. The van der Waals surface area contributed by atoms with Crippen LogP contribution in [-0.2, 0) is 9.59 Å². The van der Waals surface area contributed by atoms with Crippen LogP contribution in [0.15, 0.2) is 18.2 Å². The summed E-state index contributed by atoms with van der Waals surface area (Å²) in [5, 5.41) is 2.78. The van der Waals surface area contributed by atoms with Gasteiger partial charge < -0.3 is 5.32 Å². The number of halogens is 1. The Labute approximate surface area is 124 Å². The Kier molecular flexibility index (Phi) is 4.03. The first-order valence-corrected chi connectivity index (χ1v) is 7.26. The predicted octanol–water partition coefficient (Wildman–Crippen LogP) is 2.54. The molecular formula is C16H21FN2O2. The molecule has 2 atom stereocenters. The van der Waals surface area contributed by atoms with Gasteiger partial charge in [0.05, 0.1) is 5.69 Å². The molecule has 5 heteroatoms. The van der Waals surface area contributed by atoms with Crippen molar-refractivity contribution in [1.29, 1.82) is 0 Å². The van der Waals surface area contributed by atoms with E-state index in [2.05, 4.69) is 5.32 Å². The molecule has 4 nitrogen and oxygen atoms in total. The SMILES string of the molecule is CCC1C(=O)NC(C)(CC)C(=O)N1c1c(C)cccc1F. The summed E-state index contributed by atoms with van der Waals surface area (Å²) in [5.41, 5.74) is -0.129. The highest BCUT2D eigenvalue weighted by molar-refractivity contribution is 6.11. The first-order valence-electron chi connectivity index (χ1n) is 7.26. The fraction of sp³-hybridized carbons (Fsp3) is 0.500. The zero-order chi connectivity index (χ0) is 15.8. The second-order valence-electron chi connectivity index (χ2n) is 5.68. The predicted molar refractivity (Wildman–Crippen MR) is 79.5 cm³/mol. The molecule has 1 aliphatic heterocycles. The monoisotopic (exact) mass is 292 g/mol. The number of carbonyl (C=O) groups excluding carboxylic acids is 2. The molecule has 0 aromatic heterocycles. The van der Waals surface area contributed by atoms with E-state index in [4.69, 9.17) is 0 Å². The molecule has 2 unspecified atom stereocenters. The quantitative estimate of drug-likeness (QED) is 0.930. The van der Waals surface area contributed by atoms with Gasteiger partial charge in [0.15, 0.2) is 0 Å². The van der Waals surface area contributed by atoms with E-state index < -0.39 is 17.4 Å². The maximum Gasteiger partial charge on any atom is 0.253 e. The van der Waals surface area contributed by atoms with Crippen LogP contribution in [0.25, 0.3) is 0 Å². The Balaban J connectivity index is 2.61. The molecule has 1 aliphatic rings. The number of anilines is 1. The molecule has 21 heavy (non-hydrogen) atoms. The van der Waals surface area contributed by atoms with Crippen LogP contribution in [0, 0.1) is 12.7 Å². The van der Waals surface area contributed by atoms with E-state index in [1.54, 1.807) is 26.0 Å². The van der Waals surface area contributed by atoms with E-state index in [1.165, 1.54) is 11.0 Å². The summed E-state index contributed by atoms with van der Waals surface area (Å²) in [7, 11) is 0. The Hall–Kier alpha value is -1.91. The van der Waals surface area contributed by atoms with Crippen LogP contribution in [0.3, 0.4) is 0 Å². The molecule has 0 spiro atoms. The van der Waals surface area contributed by atoms with Gasteiger partial charge in [0.1, 0.15) is 17.4 Å². The molecule has 2 rings (SSSR count).